The maximum absolute atomic E-state index is 13.1. The standard InChI is InChI=1S/C23H38N4O8S/c1-5-6-10-34-13-18(23(33)35-27-19(29)7-8-20(27)30)26-22(32)17(12-15(2)3)25-21(31)16(24-14-28)9-11-36-4/h14-18H,5-13H2,1-4H3,(H,24,28)(H,25,31)(H,26,32)/t16-,17-,18-/m0/s1. The van der Waals surface area contributed by atoms with Gasteiger partial charge in [-0.1, -0.05) is 27.2 Å². The zero-order chi connectivity index (χ0) is 27.1. The number of hydroxylamine groups is 2. The Balaban J connectivity index is 2.97. The molecule has 0 aromatic carbocycles. The highest BCUT2D eigenvalue weighted by Crippen LogP contribution is 2.13. The third-order valence-electron chi connectivity index (χ3n) is 5.25. The van der Waals surface area contributed by atoms with Crippen molar-refractivity contribution in [3.05, 3.63) is 0 Å². The van der Waals surface area contributed by atoms with Crippen molar-refractivity contribution < 1.29 is 38.3 Å². The molecule has 0 spiro atoms. The monoisotopic (exact) mass is 530 g/mol. The maximum Gasteiger partial charge on any atom is 0.357 e. The smallest absolute Gasteiger partial charge is 0.357 e. The van der Waals surface area contributed by atoms with E-state index in [0.29, 0.717) is 30.3 Å². The molecule has 1 rings (SSSR count). The van der Waals surface area contributed by atoms with Gasteiger partial charge in [0.15, 0.2) is 6.04 Å². The normalized spacial score (nSPS) is 15.9. The van der Waals surface area contributed by atoms with Crippen molar-refractivity contribution in [2.45, 2.75) is 77.4 Å². The van der Waals surface area contributed by atoms with Gasteiger partial charge >= 0.3 is 5.97 Å². The summed E-state index contributed by atoms with van der Waals surface area (Å²) in [5.41, 5.74) is 0. The van der Waals surface area contributed by atoms with Gasteiger partial charge in [0.25, 0.3) is 11.8 Å². The van der Waals surface area contributed by atoms with E-state index in [1.54, 1.807) is 0 Å². The van der Waals surface area contributed by atoms with Gasteiger partial charge in [-0.3, -0.25) is 24.0 Å². The second-order valence-corrected chi connectivity index (χ2v) is 9.78. The van der Waals surface area contributed by atoms with Crippen LogP contribution in [0.4, 0.5) is 0 Å². The Morgan fingerprint density at radius 3 is 2.22 bits per heavy atom. The van der Waals surface area contributed by atoms with Gasteiger partial charge in [-0.15, -0.1) is 5.06 Å². The summed E-state index contributed by atoms with van der Waals surface area (Å²) in [5, 5.41) is 8.05. The number of carbonyl (C=O) groups is 6. The van der Waals surface area contributed by atoms with Crippen LogP contribution >= 0.6 is 11.8 Å². The Morgan fingerprint density at radius 1 is 1.06 bits per heavy atom. The van der Waals surface area contributed by atoms with E-state index in [0.717, 1.165) is 12.8 Å². The summed E-state index contributed by atoms with van der Waals surface area (Å²) in [6, 6.07) is -3.14. The van der Waals surface area contributed by atoms with Crippen LogP contribution in [-0.2, 0) is 38.3 Å². The molecule has 3 atom stereocenters. The molecule has 0 aromatic heterocycles. The Hall–Kier alpha value is -2.67. The molecule has 5 amide bonds. The van der Waals surface area contributed by atoms with Crippen LogP contribution in [0.1, 0.15) is 59.3 Å². The van der Waals surface area contributed by atoms with Crippen LogP contribution in [-0.4, -0.2) is 84.4 Å². The van der Waals surface area contributed by atoms with Gasteiger partial charge in [-0.25, -0.2) is 4.79 Å². The quantitative estimate of drug-likeness (QED) is 0.129. The summed E-state index contributed by atoms with van der Waals surface area (Å²) in [4.78, 5) is 78.3. The molecule has 12 nitrogen and oxygen atoms in total. The lowest BCUT2D eigenvalue weighted by atomic mass is 10.0. The zero-order valence-electron chi connectivity index (χ0n) is 21.4. The Kier molecular flexibility index (Phi) is 14.7. The van der Waals surface area contributed by atoms with Crippen molar-refractivity contribution in [3.8, 4) is 0 Å². The number of imide groups is 1. The van der Waals surface area contributed by atoms with Gasteiger partial charge in [0.2, 0.25) is 18.2 Å². The van der Waals surface area contributed by atoms with E-state index in [9.17, 15) is 28.8 Å². The number of nitrogens with one attached hydrogen (secondary N) is 3. The molecule has 0 bridgehead atoms. The largest absolute Gasteiger partial charge is 0.379 e. The van der Waals surface area contributed by atoms with E-state index < -0.39 is 47.7 Å². The Bertz CT molecular complexity index is 763. The minimum atomic E-state index is -1.32. The number of hydrogen-bond donors (Lipinski definition) is 3. The molecule has 1 aliphatic rings. The second-order valence-electron chi connectivity index (χ2n) is 8.79. The van der Waals surface area contributed by atoms with Gasteiger partial charge in [0, 0.05) is 19.4 Å². The highest BCUT2D eigenvalue weighted by molar-refractivity contribution is 7.98. The second kappa shape index (κ2) is 16.9. The van der Waals surface area contributed by atoms with Crippen molar-refractivity contribution in [1.29, 1.82) is 0 Å². The van der Waals surface area contributed by atoms with Crippen LogP contribution in [0.5, 0.6) is 0 Å². The van der Waals surface area contributed by atoms with Crippen molar-refractivity contribution in [2.75, 3.05) is 25.2 Å². The lowest BCUT2D eigenvalue weighted by molar-refractivity contribution is -0.200. The summed E-state index contributed by atoms with van der Waals surface area (Å²) in [7, 11) is 0. The minimum absolute atomic E-state index is 0.00998. The highest BCUT2D eigenvalue weighted by atomic mass is 32.2. The van der Waals surface area contributed by atoms with Crippen LogP contribution in [0.3, 0.4) is 0 Å². The Labute approximate surface area is 215 Å². The average Bonchev–Trinajstić information content (AvgIpc) is 3.14. The molecule has 0 aliphatic carbocycles. The molecule has 3 N–H and O–H groups in total. The van der Waals surface area contributed by atoms with Gasteiger partial charge < -0.3 is 25.5 Å². The Morgan fingerprint density at radius 2 is 1.67 bits per heavy atom. The summed E-state index contributed by atoms with van der Waals surface area (Å²) >= 11 is 1.51. The third kappa shape index (κ3) is 10.9. The first-order valence-corrected chi connectivity index (χ1v) is 13.5. The topological polar surface area (TPSA) is 160 Å². The highest BCUT2D eigenvalue weighted by Gasteiger charge is 2.36. The molecule has 0 saturated carbocycles. The molecule has 1 aliphatic heterocycles. The third-order valence-corrected chi connectivity index (χ3v) is 5.90. The molecule has 1 heterocycles. The van der Waals surface area contributed by atoms with Crippen LogP contribution in [0.15, 0.2) is 0 Å². The van der Waals surface area contributed by atoms with Crippen molar-refractivity contribution in [3.63, 3.8) is 0 Å². The first-order chi connectivity index (χ1) is 17.1. The number of hydrogen-bond acceptors (Lipinski definition) is 9. The van der Waals surface area contributed by atoms with E-state index in [-0.39, 0.29) is 31.8 Å². The van der Waals surface area contributed by atoms with Crippen LogP contribution in [0, 0.1) is 5.92 Å². The van der Waals surface area contributed by atoms with Crippen molar-refractivity contribution in [2.24, 2.45) is 5.92 Å². The molecule has 0 radical (unpaired) electrons. The maximum atomic E-state index is 13.1. The van der Waals surface area contributed by atoms with E-state index >= 15 is 0 Å². The molecule has 204 valence electrons. The van der Waals surface area contributed by atoms with Crippen LogP contribution < -0.4 is 16.0 Å². The number of rotatable bonds is 18. The number of thioether (sulfide) groups is 1. The molecule has 0 unspecified atom stereocenters. The van der Waals surface area contributed by atoms with Gasteiger partial charge in [0.05, 0.1) is 6.61 Å². The van der Waals surface area contributed by atoms with Gasteiger partial charge in [-0.2, -0.15) is 11.8 Å². The number of amides is 5. The van der Waals surface area contributed by atoms with Crippen molar-refractivity contribution in [1.82, 2.24) is 21.0 Å². The van der Waals surface area contributed by atoms with E-state index in [2.05, 4.69) is 16.0 Å². The van der Waals surface area contributed by atoms with Crippen molar-refractivity contribution >= 4 is 47.8 Å². The SMILES string of the molecule is CCCCOC[C@H](NC(=O)[C@H](CC(C)C)NC(=O)[C@H](CCSC)NC=O)C(=O)ON1C(=O)CCC1=O. The first kappa shape index (κ1) is 31.4. The van der Waals surface area contributed by atoms with Gasteiger partial charge in [-0.05, 0) is 37.2 Å². The molecule has 0 aromatic rings. The van der Waals surface area contributed by atoms with Crippen LogP contribution in [0.2, 0.25) is 0 Å². The fourth-order valence-corrected chi connectivity index (χ4v) is 3.75. The molecular weight excluding hydrogens is 492 g/mol. The average molecular weight is 531 g/mol. The number of ether oxygens (including phenoxy) is 1. The lowest BCUT2D eigenvalue weighted by Gasteiger charge is -2.26. The predicted octanol–water partition coefficient (Wildman–Crippen LogP) is 0.294. The molecular formula is C23H38N4O8S. The number of carbonyl (C=O) groups excluding carboxylic acids is 6. The molecule has 36 heavy (non-hydrogen) atoms. The molecule has 1 saturated heterocycles. The summed E-state index contributed by atoms with van der Waals surface area (Å²) in [5.74, 6) is -2.87. The van der Waals surface area contributed by atoms with Gasteiger partial charge in [0.1, 0.15) is 12.1 Å². The van der Waals surface area contributed by atoms with Crippen LogP contribution in [0.25, 0.3) is 0 Å². The fourth-order valence-electron chi connectivity index (χ4n) is 3.28. The summed E-state index contributed by atoms with van der Waals surface area (Å²) < 4.78 is 5.49. The summed E-state index contributed by atoms with van der Waals surface area (Å²) in [6.07, 6.45) is 4.39. The lowest BCUT2D eigenvalue weighted by Crippen LogP contribution is -2.56. The number of nitrogens with zero attached hydrogens (tertiary/aromatic N) is 1. The molecule has 1 fully saturated rings. The zero-order valence-corrected chi connectivity index (χ0v) is 22.2. The summed E-state index contributed by atoms with van der Waals surface area (Å²) in [6.45, 7) is 5.79. The first-order valence-electron chi connectivity index (χ1n) is 12.1. The van der Waals surface area contributed by atoms with E-state index in [4.69, 9.17) is 9.57 Å². The van der Waals surface area contributed by atoms with E-state index in [1.165, 1.54) is 11.8 Å². The minimum Gasteiger partial charge on any atom is -0.379 e. The van der Waals surface area contributed by atoms with E-state index in [1.807, 2.05) is 27.0 Å². The predicted molar refractivity (Wildman–Crippen MR) is 132 cm³/mol. The molecule has 13 heteroatoms. The number of unbranched alkanes of at least 4 members (excludes halogenated alkanes) is 1. The fraction of sp³-hybridized carbons (Fsp3) is 0.739.